The molecule has 0 spiro atoms. The van der Waals surface area contributed by atoms with Crippen LogP contribution in [0.2, 0.25) is 0 Å². The molecule has 0 radical (unpaired) electrons. The zero-order valence-electron chi connectivity index (χ0n) is 20.7. The lowest BCUT2D eigenvalue weighted by molar-refractivity contribution is -0.136. The number of hydrogen-bond donors (Lipinski definition) is 2. The van der Waals surface area contributed by atoms with E-state index in [2.05, 4.69) is 32.5 Å². The highest BCUT2D eigenvalue weighted by atomic mass is 32.1. The predicted molar refractivity (Wildman–Crippen MR) is 154 cm³/mol. The second kappa shape index (κ2) is 13.7. The van der Waals surface area contributed by atoms with Crippen molar-refractivity contribution in [3.05, 3.63) is 115 Å². The van der Waals surface area contributed by atoms with Crippen molar-refractivity contribution in [1.82, 2.24) is 15.2 Å². The van der Waals surface area contributed by atoms with Crippen LogP contribution in [0.4, 0.5) is 10.5 Å². The largest absolute Gasteiger partial charge is 0.448 e. The third-order valence-electron chi connectivity index (χ3n) is 5.67. The Morgan fingerprint density at radius 2 is 1.71 bits per heavy atom. The average molecular weight is 525 g/mol. The summed E-state index contributed by atoms with van der Waals surface area (Å²) in [4.78, 5) is 27.7. The molecule has 0 bridgehead atoms. The van der Waals surface area contributed by atoms with Crippen LogP contribution in [0, 0.1) is 0 Å². The Kier molecular flexibility index (Phi) is 9.53. The maximum Gasteiger partial charge on any atom is 0.407 e. The van der Waals surface area contributed by atoms with Gasteiger partial charge in [0.15, 0.2) is 5.11 Å². The predicted octanol–water partition coefficient (Wildman–Crippen LogP) is 5.66. The number of fused-ring (bicyclic) bond motifs is 1. The van der Waals surface area contributed by atoms with Crippen LogP contribution in [0.25, 0.3) is 16.8 Å². The van der Waals surface area contributed by atoms with E-state index in [1.54, 1.807) is 17.3 Å². The van der Waals surface area contributed by atoms with Gasteiger partial charge in [0.2, 0.25) is 5.91 Å². The van der Waals surface area contributed by atoms with E-state index in [0.29, 0.717) is 24.7 Å². The first kappa shape index (κ1) is 26.5. The van der Waals surface area contributed by atoms with Crippen molar-refractivity contribution in [3.8, 4) is 0 Å². The van der Waals surface area contributed by atoms with Gasteiger partial charge in [0.25, 0.3) is 0 Å². The molecule has 1 unspecified atom stereocenters. The minimum absolute atomic E-state index is 0.0248. The van der Waals surface area contributed by atoms with Gasteiger partial charge >= 0.3 is 6.09 Å². The Bertz CT molecular complexity index is 1360. The molecule has 0 saturated carbocycles. The highest BCUT2D eigenvalue weighted by Crippen LogP contribution is 2.24. The Labute approximate surface area is 227 Å². The molecular formula is C30H28N4O3S. The van der Waals surface area contributed by atoms with E-state index in [0.717, 1.165) is 16.6 Å². The molecule has 38 heavy (non-hydrogen) atoms. The smallest absolute Gasteiger partial charge is 0.407 e. The number of pyridine rings is 1. The molecule has 4 aromatic rings. The maximum absolute atomic E-state index is 12.0. The van der Waals surface area contributed by atoms with Crippen LogP contribution in [-0.2, 0) is 9.53 Å². The first-order chi connectivity index (χ1) is 18.6. The number of carbonyl (C=O) groups excluding carboxylic acids is 2. The minimum Gasteiger partial charge on any atom is -0.448 e. The fourth-order valence-electron chi connectivity index (χ4n) is 3.74. The SMILES string of the molecule is O=C1CC(/C=C/c2cccnc2)N1C(=S)Nc1ccc2ccccc2c1.O=C1NCCO1.c1ccccc1. The van der Waals surface area contributed by atoms with E-state index in [1.807, 2.05) is 91.0 Å². The van der Waals surface area contributed by atoms with Crippen molar-refractivity contribution in [2.24, 2.45) is 0 Å². The second-order valence-corrected chi connectivity index (χ2v) is 8.78. The van der Waals surface area contributed by atoms with Crippen molar-refractivity contribution in [3.63, 3.8) is 0 Å². The summed E-state index contributed by atoms with van der Waals surface area (Å²) in [6.07, 6.45) is 7.65. The number of alkyl carbamates (subject to hydrolysis) is 1. The summed E-state index contributed by atoms with van der Waals surface area (Å²) in [5.74, 6) is 0.0316. The lowest BCUT2D eigenvalue weighted by Gasteiger charge is -2.38. The Balaban J connectivity index is 0.000000229. The van der Waals surface area contributed by atoms with Gasteiger partial charge in [-0.1, -0.05) is 84.9 Å². The maximum atomic E-state index is 12.0. The van der Waals surface area contributed by atoms with Crippen LogP contribution in [0.15, 0.2) is 109 Å². The average Bonchev–Trinajstić information content (AvgIpc) is 3.44. The highest BCUT2D eigenvalue weighted by Gasteiger charge is 2.37. The molecule has 7 nitrogen and oxygen atoms in total. The van der Waals surface area contributed by atoms with Crippen LogP contribution in [-0.4, -0.2) is 46.2 Å². The van der Waals surface area contributed by atoms with E-state index in [1.165, 1.54) is 5.39 Å². The highest BCUT2D eigenvalue weighted by molar-refractivity contribution is 7.80. The molecule has 3 heterocycles. The van der Waals surface area contributed by atoms with Crippen LogP contribution in [0.5, 0.6) is 0 Å². The zero-order chi connectivity index (χ0) is 26.6. The zero-order valence-corrected chi connectivity index (χ0v) is 21.5. The molecule has 8 heteroatoms. The monoisotopic (exact) mass is 524 g/mol. The second-order valence-electron chi connectivity index (χ2n) is 8.39. The van der Waals surface area contributed by atoms with Gasteiger partial charge in [0.05, 0.1) is 19.0 Å². The number of β-lactam (4-membered cyclic amide) rings is 1. The summed E-state index contributed by atoms with van der Waals surface area (Å²) in [6, 6.07) is 30.0. The summed E-state index contributed by atoms with van der Waals surface area (Å²) in [6.45, 7) is 1.19. The number of benzene rings is 3. The Morgan fingerprint density at radius 1 is 0.974 bits per heavy atom. The van der Waals surface area contributed by atoms with Gasteiger partial charge in [-0.2, -0.15) is 0 Å². The van der Waals surface area contributed by atoms with E-state index in [-0.39, 0.29) is 18.0 Å². The van der Waals surface area contributed by atoms with E-state index in [4.69, 9.17) is 12.2 Å². The van der Waals surface area contributed by atoms with Crippen molar-refractivity contribution >= 4 is 51.9 Å². The molecule has 2 fully saturated rings. The number of nitrogens with zero attached hydrogens (tertiary/aromatic N) is 2. The standard InChI is InChI=1S/C21H17N3OS.C6H6.C3H5NO2/c25-20-13-19(10-7-15-4-3-11-22-14-15)24(20)21(26)23-18-9-8-16-5-1-2-6-17(16)12-18;1-2-4-6-5-3-1;5-3-4-1-2-6-3/h1-12,14,19H,13H2,(H,23,26);1-6H;1-2H2,(H,4,5)/b10-7+;;. The topological polar surface area (TPSA) is 83.6 Å². The quantitative estimate of drug-likeness (QED) is 0.266. The Morgan fingerprint density at radius 3 is 2.29 bits per heavy atom. The molecule has 1 aromatic heterocycles. The fourth-order valence-corrected chi connectivity index (χ4v) is 4.09. The number of anilines is 1. The third-order valence-corrected chi connectivity index (χ3v) is 5.97. The molecule has 0 aliphatic carbocycles. The molecule has 2 N–H and O–H groups in total. The lowest BCUT2D eigenvalue weighted by atomic mass is 10.0. The van der Waals surface area contributed by atoms with E-state index in [9.17, 15) is 9.59 Å². The number of ether oxygens (including phenoxy) is 1. The van der Waals surface area contributed by atoms with Crippen molar-refractivity contribution in [2.45, 2.75) is 12.5 Å². The summed E-state index contributed by atoms with van der Waals surface area (Å²) < 4.78 is 4.40. The van der Waals surface area contributed by atoms with Gasteiger partial charge in [0.1, 0.15) is 6.61 Å². The first-order valence-corrected chi connectivity index (χ1v) is 12.6. The number of thiocarbonyl (C=S) groups is 1. The van der Waals surface area contributed by atoms with Gasteiger partial charge in [-0.15, -0.1) is 0 Å². The summed E-state index contributed by atoms with van der Waals surface area (Å²) in [5, 5.41) is 8.37. The summed E-state index contributed by atoms with van der Waals surface area (Å²) in [5.41, 5.74) is 1.88. The molecule has 192 valence electrons. The molecular weight excluding hydrogens is 496 g/mol. The Hall–Kier alpha value is -4.56. The van der Waals surface area contributed by atoms with Crippen LogP contribution in [0.3, 0.4) is 0 Å². The summed E-state index contributed by atoms with van der Waals surface area (Å²) in [7, 11) is 0. The molecule has 1 atom stereocenters. The third kappa shape index (κ3) is 7.72. The van der Waals surface area contributed by atoms with Gasteiger partial charge < -0.3 is 15.4 Å². The minimum atomic E-state index is -0.296. The number of rotatable bonds is 3. The molecule has 2 aliphatic rings. The van der Waals surface area contributed by atoms with Crippen molar-refractivity contribution < 1.29 is 14.3 Å². The lowest BCUT2D eigenvalue weighted by Crippen LogP contribution is -2.56. The van der Waals surface area contributed by atoms with Crippen LogP contribution in [0.1, 0.15) is 12.0 Å². The number of cyclic esters (lactones) is 1. The van der Waals surface area contributed by atoms with Gasteiger partial charge in [-0.3, -0.25) is 14.7 Å². The van der Waals surface area contributed by atoms with Gasteiger partial charge in [-0.05, 0) is 46.8 Å². The molecule has 2 amide bonds. The van der Waals surface area contributed by atoms with E-state index < -0.39 is 0 Å². The number of likely N-dealkylation sites (tertiary alicyclic amines) is 1. The van der Waals surface area contributed by atoms with Crippen LogP contribution >= 0.6 is 12.2 Å². The van der Waals surface area contributed by atoms with Crippen LogP contribution < -0.4 is 10.6 Å². The van der Waals surface area contributed by atoms with Gasteiger partial charge in [-0.25, -0.2) is 4.79 Å². The normalized spacial score (nSPS) is 15.8. The fraction of sp³-hybridized carbons (Fsp3) is 0.133. The molecule has 2 aliphatic heterocycles. The number of amides is 2. The molecule has 3 aromatic carbocycles. The summed E-state index contributed by atoms with van der Waals surface area (Å²) >= 11 is 5.46. The number of aromatic nitrogens is 1. The van der Waals surface area contributed by atoms with Gasteiger partial charge in [0, 0.05) is 18.1 Å². The van der Waals surface area contributed by atoms with E-state index >= 15 is 0 Å². The van der Waals surface area contributed by atoms with Crippen molar-refractivity contribution in [2.75, 3.05) is 18.5 Å². The van der Waals surface area contributed by atoms with Crippen molar-refractivity contribution in [1.29, 1.82) is 0 Å². The number of carbonyl (C=O) groups is 2. The molecule has 2 saturated heterocycles. The first-order valence-electron chi connectivity index (χ1n) is 12.2. The number of nitrogens with one attached hydrogen (secondary N) is 2. The molecule has 6 rings (SSSR count). The number of hydrogen-bond acceptors (Lipinski definition) is 5.